The van der Waals surface area contributed by atoms with Gasteiger partial charge in [0.1, 0.15) is 11.8 Å². The number of carbonyl (C=O) groups is 2. The predicted molar refractivity (Wildman–Crippen MR) is 71.6 cm³/mol. The van der Waals surface area contributed by atoms with Crippen molar-refractivity contribution < 1.29 is 19.4 Å². The van der Waals surface area contributed by atoms with E-state index in [0.717, 1.165) is 5.56 Å². The van der Waals surface area contributed by atoms with E-state index in [4.69, 9.17) is 9.84 Å². The van der Waals surface area contributed by atoms with E-state index in [9.17, 15) is 9.59 Å². The van der Waals surface area contributed by atoms with Gasteiger partial charge >= 0.3 is 12.0 Å². The van der Waals surface area contributed by atoms with E-state index < -0.39 is 18.0 Å². The molecule has 0 aliphatic heterocycles. The number of carboxylic acids is 1. The van der Waals surface area contributed by atoms with Gasteiger partial charge in [0, 0.05) is 0 Å². The summed E-state index contributed by atoms with van der Waals surface area (Å²) in [5, 5.41) is 13.8. The van der Waals surface area contributed by atoms with Crippen LogP contribution < -0.4 is 15.4 Å². The van der Waals surface area contributed by atoms with Crippen molar-refractivity contribution >= 4 is 17.7 Å². The summed E-state index contributed by atoms with van der Waals surface area (Å²) in [6, 6.07) is 3.86. The highest BCUT2D eigenvalue weighted by Gasteiger charge is 2.18. The first-order valence-corrected chi connectivity index (χ1v) is 5.92. The standard InChI is InChI=1S/C13H18N2O4/c1-4-9(12(16)17)14-13(18)15-10-7-8(2)5-6-11(10)19-3/h5-7,9H,4H2,1-3H3,(H,16,17)(H2,14,15,18)/t9-/m0/s1. The molecular weight excluding hydrogens is 248 g/mol. The largest absolute Gasteiger partial charge is 0.495 e. The molecule has 0 fully saturated rings. The summed E-state index contributed by atoms with van der Waals surface area (Å²) in [4.78, 5) is 22.6. The molecule has 19 heavy (non-hydrogen) atoms. The van der Waals surface area contributed by atoms with Gasteiger partial charge in [-0.3, -0.25) is 0 Å². The van der Waals surface area contributed by atoms with Gasteiger partial charge in [-0.1, -0.05) is 13.0 Å². The molecule has 0 aromatic heterocycles. The van der Waals surface area contributed by atoms with E-state index in [1.54, 1.807) is 19.1 Å². The number of anilines is 1. The first kappa shape index (κ1) is 14.8. The maximum atomic E-state index is 11.7. The van der Waals surface area contributed by atoms with Gasteiger partial charge in [0.2, 0.25) is 0 Å². The minimum absolute atomic E-state index is 0.313. The summed E-state index contributed by atoms with van der Waals surface area (Å²) in [6.07, 6.45) is 0.313. The van der Waals surface area contributed by atoms with Crippen molar-refractivity contribution in [3.63, 3.8) is 0 Å². The number of hydrogen-bond acceptors (Lipinski definition) is 3. The minimum atomic E-state index is -1.06. The van der Waals surface area contributed by atoms with Gasteiger partial charge in [0.15, 0.2) is 0 Å². The Morgan fingerprint density at radius 3 is 2.63 bits per heavy atom. The molecule has 3 N–H and O–H groups in total. The van der Waals surface area contributed by atoms with Gasteiger partial charge in [-0.25, -0.2) is 9.59 Å². The summed E-state index contributed by atoms with van der Waals surface area (Å²) in [6.45, 7) is 3.57. The van der Waals surface area contributed by atoms with Crippen molar-refractivity contribution in [1.29, 1.82) is 0 Å². The minimum Gasteiger partial charge on any atom is -0.495 e. The fraction of sp³-hybridized carbons (Fsp3) is 0.385. The highest BCUT2D eigenvalue weighted by Crippen LogP contribution is 2.24. The molecular formula is C13H18N2O4. The Kier molecular flexibility index (Phi) is 5.17. The molecule has 0 unspecified atom stereocenters. The zero-order valence-electron chi connectivity index (χ0n) is 11.2. The Labute approximate surface area is 111 Å². The van der Waals surface area contributed by atoms with Crippen molar-refractivity contribution in [2.75, 3.05) is 12.4 Å². The lowest BCUT2D eigenvalue weighted by Gasteiger charge is -2.15. The molecule has 1 atom stereocenters. The van der Waals surface area contributed by atoms with Gasteiger partial charge in [-0.2, -0.15) is 0 Å². The molecule has 0 aliphatic rings. The van der Waals surface area contributed by atoms with Crippen molar-refractivity contribution in [3.05, 3.63) is 23.8 Å². The maximum Gasteiger partial charge on any atom is 0.326 e. The molecule has 1 rings (SSSR count). The van der Waals surface area contributed by atoms with E-state index in [2.05, 4.69) is 10.6 Å². The van der Waals surface area contributed by atoms with Gasteiger partial charge in [-0.15, -0.1) is 0 Å². The van der Waals surface area contributed by atoms with Crippen LogP contribution in [-0.2, 0) is 4.79 Å². The monoisotopic (exact) mass is 266 g/mol. The van der Waals surface area contributed by atoms with Crippen molar-refractivity contribution in [3.8, 4) is 5.75 Å². The van der Waals surface area contributed by atoms with E-state index in [1.807, 2.05) is 13.0 Å². The number of urea groups is 1. The maximum absolute atomic E-state index is 11.7. The fourth-order valence-electron chi connectivity index (χ4n) is 1.57. The Bertz CT molecular complexity index is 474. The number of aryl methyl sites for hydroxylation is 1. The number of rotatable bonds is 5. The highest BCUT2D eigenvalue weighted by molar-refractivity contribution is 5.93. The van der Waals surface area contributed by atoms with Crippen LogP contribution in [0.25, 0.3) is 0 Å². The quantitative estimate of drug-likeness (QED) is 0.760. The van der Waals surface area contributed by atoms with Gasteiger partial charge < -0.3 is 20.5 Å². The Morgan fingerprint density at radius 1 is 1.42 bits per heavy atom. The lowest BCUT2D eigenvalue weighted by atomic mass is 10.2. The summed E-state index contributed by atoms with van der Waals surface area (Å²) in [5.41, 5.74) is 1.46. The van der Waals surface area contributed by atoms with Crippen LogP contribution in [0.15, 0.2) is 18.2 Å². The first-order valence-electron chi connectivity index (χ1n) is 5.92. The van der Waals surface area contributed by atoms with Crippen LogP contribution in [0.4, 0.5) is 10.5 Å². The number of carboxylic acid groups (broad SMARTS) is 1. The van der Waals surface area contributed by atoms with Crippen LogP contribution in [0, 0.1) is 6.92 Å². The number of carbonyl (C=O) groups excluding carboxylic acids is 1. The highest BCUT2D eigenvalue weighted by atomic mass is 16.5. The molecule has 2 amide bonds. The Morgan fingerprint density at radius 2 is 2.11 bits per heavy atom. The Hall–Kier alpha value is -2.24. The summed E-state index contributed by atoms with van der Waals surface area (Å²) in [5.74, 6) is -0.544. The number of amides is 2. The first-order chi connectivity index (χ1) is 8.97. The van der Waals surface area contributed by atoms with Gasteiger partial charge in [0.25, 0.3) is 0 Å². The molecule has 0 heterocycles. The smallest absolute Gasteiger partial charge is 0.326 e. The van der Waals surface area contributed by atoms with Crippen molar-refractivity contribution in [2.45, 2.75) is 26.3 Å². The average molecular weight is 266 g/mol. The number of hydrogen-bond donors (Lipinski definition) is 3. The molecule has 104 valence electrons. The van der Waals surface area contributed by atoms with Crippen LogP contribution >= 0.6 is 0 Å². The third-order valence-corrected chi connectivity index (χ3v) is 2.61. The topological polar surface area (TPSA) is 87.7 Å². The third-order valence-electron chi connectivity index (χ3n) is 2.61. The zero-order chi connectivity index (χ0) is 14.4. The Balaban J connectivity index is 2.76. The summed E-state index contributed by atoms with van der Waals surface area (Å²) in [7, 11) is 1.50. The normalized spacial score (nSPS) is 11.5. The second-order valence-corrected chi connectivity index (χ2v) is 4.10. The molecule has 0 aliphatic carbocycles. The fourth-order valence-corrected chi connectivity index (χ4v) is 1.57. The third kappa shape index (κ3) is 4.17. The summed E-state index contributed by atoms with van der Waals surface area (Å²) < 4.78 is 5.12. The molecule has 6 nitrogen and oxygen atoms in total. The predicted octanol–water partition coefficient (Wildman–Crippen LogP) is 1.99. The molecule has 6 heteroatoms. The average Bonchev–Trinajstić information content (AvgIpc) is 2.35. The SMILES string of the molecule is CC[C@H](NC(=O)Nc1cc(C)ccc1OC)C(=O)O. The molecule has 1 aromatic carbocycles. The van der Waals surface area contributed by atoms with Crippen LogP contribution in [0.5, 0.6) is 5.75 Å². The van der Waals surface area contributed by atoms with Gasteiger partial charge in [0.05, 0.1) is 12.8 Å². The molecule has 0 saturated carbocycles. The van der Waals surface area contributed by atoms with Crippen molar-refractivity contribution in [2.24, 2.45) is 0 Å². The second kappa shape index (κ2) is 6.63. The number of benzene rings is 1. The van der Waals surface area contributed by atoms with E-state index in [-0.39, 0.29) is 0 Å². The van der Waals surface area contributed by atoms with E-state index in [1.165, 1.54) is 7.11 Å². The zero-order valence-corrected chi connectivity index (χ0v) is 11.2. The second-order valence-electron chi connectivity index (χ2n) is 4.10. The van der Waals surface area contributed by atoms with Gasteiger partial charge in [-0.05, 0) is 31.0 Å². The lowest BCUT2D eigenvalue weighted by Crippen LogP contribution is -2.42. The number of methoxy groups -OCH3 is 1. The number of nitrogens with one attached hydrogen (secondary N) is 2. The lowest BCUT2D eigenvalue weighted by molar-refractivity contribution is -0.139. The van der Waals surface area contributed by atoms with Crippen LogP contribution in [0.3, 0.4) is 0 Å². The molecule has 1 aromatic rings. The summed E-state index contributed by atoms with van der Waals surface area (Å²) >= 11 is 0. The number of aliphatic carboxylic acids is 1. The molecule has 0 radical (unpaired) electrons. The number of ether oxygens (including phenoxy) is 1. The van der Waals surface area contributed by atoms with Crippen molar-refractivity contribution in [1.82, 2.24) is 5.32 Å². The van der Waals surface area contributed by atoms with Crippen LogP contribution in [0.2, 0.25) is 0 Å². The van der Waals surface area contributed by atoms with Crippen LogP contribution in [0.1, 0.15) is 18.9 Å². The van der Waals surface area contributed by atoms with Crippen LogP contribution in [-0.4, -0.2) is 30.3 Å². The molecule has 0 spiro atoms. The van der Waals surface area contributed by atoms with E-state index in [0.29, 0.717) is 17.9 Å². The van der Waals surface area contributed by atoms with E-state index >= 15 is 0 Å². The molecule has 0 saturated heterocycles. The molecule has 0 bridgehead atoms.